The second kappa shape index (κ2) is 11.3. The molecular formula is C32H27ClN2O3S. The number of hydrogen-bond donors (Lipinski definition) is 1. The van der Waals surface area contributed by atoms with Crippen LogP contribution in [0.1, 0.15) is 27.0 Å². The Balaban J connectivity index is 1.35. The molecule has 5 aromatic rings. The molecule has 5 aromatic carbocycles. The van der Waals surface area contributed by atoms with Gasteiger partial charge in [0.25, 0.3) is 15.9 Å². The predicted molar refractivity (Wildman–Crippen MR) is 158 cm³/mol. The van der Waals surface area contributed by atoms with Crippen LogP contribution in [-0.2, 0) is 23.1 Å². The predicted octanol–water partition coefficient (Wildman–Crippen LogP) is 7.13. The fraction of sp³-hybridized carbons (Fsp3) is 0.0938. The molecule has 0 spiro atoms. The van der Waals surface area contributed by atoms with E-state index in [4.69, 9.17) is 11.6 Å². The lowest BCUT2D eigenvalue weighted by Crippen LogP contribution is -2.31. The van der Waals surface area contributed by atoms with Crippen LogP contribution in [0.25, 0.3) is 10.8 Å². The van der Waals surface area contributed by atoms with Crippen molar-refractivity contribution >= 4 is 44.0 Å². The number of fused-ring (bicyclic) bond motifs is 1. The van der Waals surface area contributed by atoms with Crippen LogP contribution >= 0.6 is 11.6 Å². The lowest BCUT2D eigenvalue weighted by molar-refractivity contribution is 0.0951. The standard InChI is InChI=1S/C32H27ClN2O3S/c1-23-11-18-29(33)20-31(23)35(39(37,38)30-9-3-2-4-10-30)22-24-12-16-27(17-13-24)32(36)34-21-25-14-15-26-7-5-6-8-28(26)19-25/h2-20H,21-22H2,1H3,(H,34,36). The molecule has 0 saturated carbocycles. The number of nitrogens with zero attached hydrogens (tertiary/aromatic N) is 1. The van der Waals surface area contributed by atoms with Crippen molar-refractivity contribution < 1.29 is 13.2 Å². The minimum atomic E-state index is -3.88. The van der Waals surface area contributed by atoms with E-state index in [9.17, 15) is 13.2 Å². The number of aryl methyl sites for hydroxylation is 1. The van der Waals surface area contributed by atoms with E-state index >= 15 is 0 Å². The Hall–Kier alpha value is -4.13. The van der Waals surface area contributed by atoms with Gasteiger partial charge in [-0.2, -0.15) is 0 Å². The Labute approximate surface area is 233 Å². The zero-order chi connectivity index (χ0) is 27.4. The normalized spacial score (nSPS) is 11.3. The molecule has 0 bridgehead atoms. The molecule has 7 heteroatoms. The van der Waals surface area contributed by atoms with E-state index in [-0.39, 0.29) is 17.3 Å². The molecule has 1 amide bonds. The van der Waals surface area contributed by atoms with Gasteiger partial charge in [0, 0.05) is 17.1 Å². The van der Waals surface area contributed by atoms with Crippen molar-refractivity contribution in [3.63, 3.8) is 0 Å². The van der Waals surface area contributed by atoms with Gasteiger partial charge in [0.2, 0.25) is 0 Å². The van der Waals surface area contributed by atoms with E-state index in [1.54, 1.807) is 72.8 Å². The molecule has 0 aromatic heterocycles. The highest BCUT2D eigenvalue weighted by atomic mass is 35.5. The Kier molecular flexibility index (Phi) is 7.68. The van der Waals surface area contributed by atoms with Crippen molar-refractivity contribution in [3.05, 3.63) is 143 Å². The second-order valence-corrected chi connectivity index (χ2v) is 11.6. The van der Waals surface area contributed by atoms with Gasteiger partial charge in [-0.15, -0.1) is 0 Å². The quantitative estimate of drug-likeness (QED) is 0.222. The second-order valence-electron chi connectivity index (χ2n) is 9.32. The van der Waals surface area contributed by atoms with Crippen LogP contribution in [0.5, 0.6) is 0 Å². The maximum absolute atomic E-state index is 13.7. The number of amides is 1. The van der Waals surface area contributed by atoms with Crippen LogP contribution in [0.15, 0.2) is 120 Å². The van der Waals surface area contributed by atoms with E-state index in [2.05, 4.69) is 17.4 Å². The fourth-order valence-electron chi connectivity index (χ4n) is 4.43. The summed E-state index contributed by atoms with van der Waals surface area (Å²) in [6, 6.07) is 34.7. The highest BCUT2D eigenvalue weighted by Gasteiger charge is 2.26. The zero-order valence-electron chi connectivity index (χ0n) is 21.3. The molecule has 5 nitrogen and oxygen atoms in total. The van der Waals surface area contributed by atoms with Gasteiger partial charge in [0.15, 0.2) is 0 Å². The average molecular weight is 555 g/mol. The van der Waals surface area contributed by atoms with Crippen LogP contribution in [0.4, 0.5) is 5.69 Å². The van der Waals surface area contributed by atoms with Crippen molar-refractivity contribution in [2.75, 3.05) is 4.31 Å². The lowest BCUT2D eigenvalue weighted by Gasteiger charge is -2.26. The molecule has 0 aliphatic rings. The first-order chi connectivity index (χ1) is 18.8. The molecule has 0 aliphatic heterocycles. The molecule has 1 N–H and O–H groups in total. The van der Waals surface area contributed by atoms with Gasteiger partial charge in [-0.3, -0.25) is 9.10 Å². The first kappa shape index (κ1) is 26.5. The van der Waals surface area contributed by atoms with E-state index in [1.807, 2.05) is 37.3 Å². The summed E-state index contributed by atoms with van der Waals surface area (Å²) >= 11 is 6.25. The van der Waals surface area contributed by atoms with Crippen molar-refractivity contribution in [1.82, 2.24) is 5.32 Å². The monoisotopic (exact) mass is 554 g/mol. The van der Waals surface area contributed by atoms with Crippen molar-refractivity contribution in [1.29, 1.82) is 0 Å². The molecular weight excluding hydrogens is 528 g/mol. The summed E-state index contributed by atoms with van der Waals surface area (Å²) in [5.41, 5.74) is 3.53. The molecule has 0 atom stereocenters. The Morgan fingerprint density at radius 3 is 2.18 bits per heavy atom. The van der Waals surface area contributed by atoms with Crippen LogP contribution in [0.2, 0.25) is 5.02 Å². The third kappa shape index (κ3) is 5.98. The lowest BCUT2D eigenvalue weighted by atomic mass is 10.1. The smallest absolute Gasteiger partial charge is 0.264 e. The van der Waals surface area contributed by atoms with Crippen LogP contribution < -0.4 is 9.62 Å². The van der Waals surface area contributed by atoms with Crippen LogP contribution in [0, 0.1) is 6.92 Å². The zero-order valence-corrected chi connectivity index (χ0v) is 22.9. The Morgan fingerprint density at radius 2 is 1.44 bits per heavy atom. The van der Waals surface area contributed by atoms with Crippen molar-refractivity contribution in [2.24, 2.45) is 0 Å². The summed E-state index contributed by atoms with van der Waals surface area (Å²) in [6.45, 7) is 2.34. The fourth-order valence-corrected chi connectivity index (χ4v) is 6.13. The minimum Gasteiger partial charge on any atom is -0.348 e. The third-order valence-electron chi connectivity index (χ3n) is 6.58. The van der Waals surface area contributed by atoms with E-state index < -0.39 is 10.0 Å². The molecule has 0 unspecified atom stereocenters. The number of anilines is 1. The number of benzene rings is 5. The molecule has 196 valence electrons. The SMILES string of the molecule is Cc1ccc(Cl)cc1N(Cc1ccc(C(=O)NCc2ccc3ccccc3c2)cc1)S(=O)(=O)c1ccccc1. The summed E-state index contributed by atoms with van der Waals surface area (Å²) in [4.78, 5) is 13.0. The molecule has 0 aliphatic carbocycles. The maximum Gasteiger partial charge on any atom is 0.264 e. The molecule has 39 heavy (non-hydrogen) atoms. The summed E-state index contributed by atoms with van der Waals surface area (Å²) < 4.78 is 28.8. The van der Waals surface area contributed by atoms with Gasteiger partial charge in [-0.1, -0.05) is 84.4 Å². The highest BCUT2D eigenvalue weighted by molar-refractivity contribution is 7.92. The molecule has 0 saturated heterocycles. The van der Waals surface area contributed by atoms with Gasteiger partial charge in [-0.25, -0.2) is 8.42 Å². The summed E-state index contributed by atoms with van der Waals surface area (Å²) in [5.74, 6) is -0.200. The summed E-state index contributed by atoms with van der Waals surface area (Å²) in [5, 5.41) is 5.69. The van der Waals surface area contributed by atoms with Gasteiger partial charge >= 0.3 is 0 Å². The first-order valence-corrected chi connectivity index (χ1v) is 14.3. The highest BCUT2D eigenvalue weighted by Crippen LogP contribution is 2.31. The maximum atomic E-state index is 13.7. The number of hydrogen-bond acceptors (Lipinski definition) is 3. The Morgan fingerprint density at radius 1 is 0.769 bits per heavy atom. The number of nitrogens with one attached hydrogen (secondary N) is 1. The van der Waals surface area contributed by atoms with E-state index in [0.717, 1.165) is 27.5 Å². The summed E-state index contributed by atoms with van der Waals surface area (Å²) in [7, 11) is -3.88. The van der Waals surface area contributed by atoms with Gasteiger partial charge in [0.1, 0.15) is 0 Å². The number of carbonyl (C=O) groups is 1. The molecule has 0 radical (unpaired) electrons. The van der Waals surface area contributed by atoms with Gasteiger partial charge in [-0.05, 0) is 76.9 Å². The number of halogens is 1. The number of sulfonamides is 1. The molecule has 0 fully saturated rings. The topological polar surface area (TPSA) is 66.5 Å². The molecule has 0 heterocycles. The Bertz CT molecular complexity index is 1740. The first-order valence-electron chi connectivity index (χ1n) is 12.5. The van der Waals surface area contributed by atoms with E-state index in [1.165, 1.54) is 4.31 Å². The van der Waals surface area contributed by atoms with E-state index in [0.29, 0.717) is 22.8 Å². The van der Waals surface area contributed by atoms with Crippen LogP contribution in [-0.4, -0.2) is 14.3 Å². The number of rotatable bonds is 8. The average Bonchev–Trinajstić information content (AvgIpc) is 2.96. The van der Waals surface area contributed by atoms with Crippen LogP contribution in [0.3, 0.4) is 0 Å². The van der Waals surface area contributed by atoms with Gasteiger partial charge < -0.3 is 5.32 Å². The third-order valence-corrected chi connectivity index (χ3v) is 8.59. The molecule has 5 rings (SSSR count). The largest absolute Gasteiger partial charge is 0.348 e. The van der Waals surface area contributed by atoms with Crippen molar-refractivity contribution in [3.8, 4) is 0 Å². The van der Waals surface area contributed by atoms with Gasteiger partial charge in [0.05, 0.1) is 17.1 Å². The summed E-state index contributed by atoms with van der Waals surface area (Å²) in [6.07, 6.45) is 0. The van der Waals surface area contributed by atoms with Crippen molar-refractivity contribution in [2.45, 2.75) is 24.9 Å². The number of carbonyl (C=O) groups excluding carboxylic acids is 1. The minimum absolute atomic E-state index is 0.0808.